The van der Waals surface area contributed by atoms with E-state index < -0.39 is 0 Å². The number of aromatic nitrogens is 4. The zero-order chi connectivity index (χ0) is 14.5. The molecule has 21 heavy (non-hydrogen) atoms. The summed E-state index contributed by atoms with van der Waals surface area (Å²) in [5.41, 5.74) is 1.05. The summed E-state index contributed by atoms with van der Waals surface area (Å²) in [5, 5.41) is 9.55. The molecule has 0 atom stereocenters. The number of morpholine rings is 1. The van der Waals surface area contributed by atoms with Crippen LogP contribution >= 0.6 is 11.8 Å². The van der Waals surface area contributed by atoms with Crippen LogP contribution in [0.4, 0.5) is 0 Å². The number of nitrogens with one attached hydrogen (secondary N) is 1. The van der Waals surface area contributed by atoms with Gasteiger partial charge in [0.2, 0.25) is 0 Å². The molecule has 0 unspecified atom stereocenters. The standard InChI is InChI=1S/C14H19N5OS/c1-18-13(12-2-4-15-5-3-12)16-17-14(18)21-11-8-19-6-9-20-10-7-19/h2-5H,6-11H2,1H3/p+1. The third-order valence-corrected chi connectivity index (χ3v) is 4.68. The minimum absolute atomic E-state index is 0.885. The van der Waals surface area contributed by atoms with E-state index in [2.05, 4.69) is 19.7 Å². The van der Waals surface area contributed by atoms with Crippen LogP contribution < -0.4 is 4.90 Å². The molecule has 7 heteroatoms. The van der Waals surface area contributed by atoms with Gasteiger partial charge >= 0.3 is 0 Å². The molecular weight excluding hydrogens is 286 g/mol. The molecule has 2 aromatic rings. The molecule has 1 fully saturated rings. The predicted octanol–water partition coefficient (Wildman–Crippen LogP) is -0.116. The molecule has 1 N–H and O–H groups in total. The van der Waals surface area contributed by atoms with E-state index in [1.54, 1.807) is 29.1 Å². The van der Waals surface area contributed by atoms with Crippen molar-refractivity contribution in [1.29, 1.82) is 0 Å². The Hall–Kier alpha value is -1.44. The zero-order valence-corrected chi connectivity index (χ0v) is 13.0. The van der Waals surface area contributed by atoms with Gasteiger partial charge in [0.1, 0.15) is 13.1 Å². The third kappa shape index (κ3) is 3.61. The molecule has 0 bridgehead atoms. The molecular formula is C14H20N5OS+. The molecule has 1 aliphatic rings. The Bertz CT molecular complexity index is 568. The second-order valence-corrected chi connectivity index (χ2v) is 6.12. The summed E-state index contributed by atoms with van der Waals surface area (Å²) in [6.45, 7) is 5.14. The van der Waals surface area contributed by atoms with Crippen molar-refractivity contribution in [2.24, 2.45) is 7.05 Å². The Morgan fingerprint density at radius 2 is 2.00 bits per heavy atom. The first-order chi connectivity index (χ1) is 10.3. The minimum atomic E-state index is 0.885. The van der Waals surface area contributed by atoms with Crippen LogP contribution in [0.5, 0.6) is 0 Å². The van der Waals surface area contributed by atoms with Crippen LogP contribution in [0.2, 0.25) is 0 Å². The Morgan fingerprint density at radius 1 is 1.24 bits per heavy atom. The van der Waals surface area contributed by atoms with Crippen LogP contribution in [0.15, 0.2) is 29.7 Å². The van der Waals surface area contributed by atoms with E-state index in [-0.39, 0.29) is 0 Å². The average molecular weight is 306 g/mol. The van der Waals surface area contributed by atoms with Crippen molar-refractivity contribution in [2.75, 3.05) is 38.6 Å². The molecule has 0 spiro atoms. The topological polar surface area (TPSA) is 57.3 Å². The highest BCUT2D eigenvalue weighted by atomic mass is 32.2. The van der Waals surface area contributed by atoms with Gasteiger partial charge in [0.05, 0.1) is 25.5 Å². The lowest BCUT2D eigenvalue weighted by molar-refractivity contribution is -0.905. The van der Waals surface area contributed by atoms with Crippen LogP contribution in [-0.2, 0) is 11.8 Å². The number of quaternary nitrogens is 1. The lowest BCUT2D eigenvalue weighted by atomic mass is 10.2. The maximum atomic E-state index is 5.38. The maximum Gasteiger partial charge on any atom is 0.191 e. The van der Waals surface area contributed by atoms with Gasteiger partial charge in [-0.25, -0.2) is 0 Å². The van der Waals surface area contributed by atoms with E-state index in [9.17, 15) is 0 Å². The molecule has 6 nitrogen and oxygen atoms in total. The van der Waals surface area contributed by atoms with Crippen molar-refractivity contribution in [3.05, 3.63) is 24.5 Å². The lowest BCUT2D eigenvalue weighted by Gasteiger charge is -2.23. The van der Waals surface area contributed by atoms with Crippen molar-refractivity contribution in [3.63, 3.8) is 0 Å². The average Bonchev–Trinajstić information content (AvgIpc) is 2.90. The number of nitrogens with zero attached hydrogens (tertiary/aromatic N) is 4. The molecule has 1 aliphatic heterocycles. The number of rotatable bonds is 5. The van der Waals surface area contributed by atoms with Crippen molar-refractivity contribution < 1.29 is 9.64 Å². The van der Waals surface area contributed by atoms with Gasteiger partial charge in [-0.1, -0.05) is 11.8 Å². The number of ether oxygens (including phenoxy) is 1. The molecule has 3 rings (SSSR count). The number of hydrogen-bond acceptors (Lipinski definition) is 5. The van der Waals surface area contributed by atoms with Gasteiger partial charge in [-0.15, -0.1) is 10.2 Å². The van der Waals surface area contributed by atoms with Gasteiger partial charge in [-0.3, -0.25) is 4.98 Å². The largest absolute Gasteiger partial charge is 0.370 e. The maximum absolute atomic E-state index is 5.38. The van der Waals surface area contributed by atoms with E-state index >= 15 is 0 Å². The summed E-state index contributed by atoms with van der Waals surface area (Å²) in [6, 6.07) is 3.91. The van der Waals surface area contributed by atoms with Gasteiger partial charge in [0.15, 0.2) is 11.0 Å². The number of hydrogen-bond donors (Lipinski definition) is 1. The fourth-order valence-electron chi connectivity index (χ4n) is 2.39. The van der Waals surface area contributed by atoms with Crippen molar-refractivity contribution >= 4 is 11.8 Å². The SMILES string of the molecule is Cn1c(SCC[NH+]2CCOCC2)nnc1-c1ccncc1. The molecule has 2 aromatic heterocycles. The Labute approximate surface area is 128 Å². The summed E-state index contributed by atoms with van der Waals surface area (Å²) in [4.78, 5) is 5.65. The van der Waals surface area contributed by atoms with Gasteiger partial charge < -0.3 is 14.2 Å². The third-order valence-electron chi connectivity index (χ3n) is 3.66. The van der Waals surface area contributed by atoms with Crippen LogP contribution in [0, 0.1) is 0 Å². The quantitative estimate of drug-likeness (QED) is 0.781. The predicted molar refractivity (Wildman–Crippen MR) is 81.3 cm³/mol. The first-order valence-corrected chi connectivity index (χ1v) is 8.17. The van der Waals surface area contributed by atoms with Gasteiger partial charge in [-0.2, -0.15) is 0 Å². The van der Waals surface area contributed by atoms with E-state index in [1.165, 1.54) is 0 Å². The smallest absolute Gasteiger partial charge is 0.191 e. The minimum Gasteiger partial charge on any atom is -0.370 e. The lowest BCUT2D eigenvalue weighted by Crippen LogP contribution is -3.14. The first kappa shape index (κ1) is 14.5. The molecule has 0 aliphatic carbocycles. The summed E-state index contributed by atoms with van der Waals surface area (Å²) >= 11 is 1.77. The summed E-state index contributed by atoms with van der Waals surface area (Å²) in [7, 11) is 2.01. The second-order valence-electron chi connectivity index (χ2n) is 5.06. The molecule has 112 valence electrons. The van der Waals surface area contributed by atoms with E-state index in [4.69, 9.17) is 4.74 Å². The van der Waals surface area contributed by atoms with Crippen LogP contribution in [0.3, 0.4) is 0 Å². The summed E-state index contributed by atoms with van der Waals surface area (Å²) < 4.78 is 7.43. The molecule has 0 aromatic carbocycles. The van der Waals surface area contributed by atoms with Crippen LogP contribution in [0.25, 0.3) is 11.4 Å². The molecule has 1 saturated heterocycles. The molecule has 0 radical (unpaired) electrons. The van der Waals surface area contributed by atoms with Gasteiger partial charge in [-0.05, 0) is 12.1 Å². The van der Waals surface area contributed by atoms with Crippen LogP contribution in [-0.4, -0.2) is 58.3 Å². The number of thioether (sulfide) groups is 1. The highest BCUT2D eigenvalue weighted by Gasteiger charge is 2.15. The normalized spacial score (nSPS) is 16.2. The zero-order valence-electron chi connectivity index (χ0n) is 12.2. The Balaban J connectivity index is 1.58. The van der Waals surface area contributed by atoms with Crippen molar-refractivity contribution in [2.45, 2.75) is 5.16 Å². The van der Waals surface area contributed by atoms with E-state index in [0.717, 1.165) is 55.1 Å². The van der Waals surface area contributed by atoms with E-state index in [0.29, 0.717) is 0 Å². The van der Waals surface area contributed by atoms with Gasteiger partial charge in [0.25, 0.3) is 0 Å². The van der Waals surface area contributed by atoms with Crippen molar-refractivity contribution in [1.82, 2.24) is 19.7 Å². The number of pyridine rings is 1. The summed E-state index contributed by atoms with van der Waals surface area (Å²) in [6.07, 6.45) is 3.55. The second kappa shape index (κ2) is 7.02. The Kier molecular flexibility index (Phi) is 4.84. The Morgan fingerprint density at radius 3 is 2.76 bits per heavy atom. The monoisotopic (exact) mass is 306 g/mol. The van der Waals surface area contributed by atoms with Crippen molar-refractivity contribution in [3.8, 4) is 11.4 Å². The fourth-order valence-corrected chi connectivity index (χ4v) is 3.34. The molecule has 3 heterocycles. The van der Waals surface area contributed by atoms with Crippen LogP contribution in [0.1, 0.15) is 0 Å². The fraction of sp³-hybridized carbons (Fsp3) is 0.500. The first-order valence-electron chi connectivity index (χ1n) is 7.18. The van der Waals surface area contributed by atoms with Gasteiger partial charge in [0, 0.05) is 25.0 Å². The van der Waals surface area contributed by atoms with E-state index in [1.807, 2.05) is 19.2 Å². The summed E-state index contributed by atoms with van der Waals surface area (Å²) in [5.74, 6) is 1.94. The highest BCUT2D eigenvalue weighted by Crippen LogP contribution is 2.21. The molecule has 0 amide bonds. The molecule has 0 saturated carbocycles. The highest BCUT2D eigenvalue weighted by molar-refractivity contribution is 7.99.